The van der Waals surface area contributed by atoms with E-state index in [1.54, 1.807) is 0 Å². The van der Waals surface area contributed by atoms with Gasteiger partial charge in [-0.15, -0.1) is 0 Å². The van der Waals surface area contributed by atoms with Crippen molar-refractivity contribution in [2.75, 3.05) is 19.8 Å². The van der Waals surface area contributed by atoms with E-state index in [9.17, 15) is 9.90 Å². The van der Waals surface area contributed by atoms with Crippen LogP contribution in [0.4, 0.5) is 0 Å². The van der Waals surface area contributed by atoms with Crippen molar-refractivity contribution >= 4 is 5.97 Å². The lowest BCUT2D eigenvalue weighted by Gasteiger charge is -2.16. The van der Waals surface area contributed by atoms with Crippen LogP contribution in [0.2, 0.25) is 0 Å². The molecule has 0 aliphatic heterocycles. The van der Waals surface area contributed by atoms with Crippen molar-refractivity contribution in [1.29, 1.82) is 0 Å². The van der Waals surface area contributed by atoms with Gasteiger partial charge in [-0.05, 0) is 57.8 Å². The molecule has 0 spiro atoms. The quantitative estimate of drug-likeness (QED) is 0.0406. The summed E-state index contributed by atoms with van der Waals surface area (Å²) in [7, 11) is 0. The van der Waals surface area contributed by atoms with Crippen molar-refractivity contribution in [2.45, 2.75) is 193 Å². The minimum atomic E-state index is -0.535. The van der Waals surface area contributed by atoms with E-state index in [1.807, 2.05) is 0 Å². The lowest BCUT2D eigenvalue weighted by Crippen LogP contribution is -2.27. The molecular weight excluding hydrogens is 592 g/mol. The Labute approximate surface area is 298 Å². The van der Waals surface area contributed by atoms with Crippen molar-refractivity contribution in [1.82, 2.24) is 0 Å². The molecule has 4 nitrogen and oxygen atoms in total. The highest BCUT2D eigenvalue weighted by molar-refractivity contribution is 5.69. The van der Waals surface area contributed by atoms with Gasteiger partial charge in [0.2, 0.25) is 0 Å². The van der Waals surface area contributed by atoms with Crippen LogP contribution >= 0.6 is 0 Å². The van der Waals surface area contributed by atoms with Crippen molar-refractivity contribution in [3.63, 3.8) is 0 Å². The van der Waals surface area contributed by atoms with Gasteiger partial charge in [0.1, 0.15) is 6.10 Å². The van der Waals surface area contributed by atoms with Crippen molar-refractivity contribution < 1.29 is 19.4 Å². The predicted molar refractivity (Wildman–Crippen MR) is 209 cm³/mol. The molecule has 0 aliphatic rings. The summed E-state index contributed by atoms with van der Waals surface area (Å²) in [6.45, 7) is 5.21. The molecule has 0 bridgehead atoms. The molecule has 0 heterocycles. The Kier molecular flexibility index (Phi) is 39.6. The molecule has 48 heavy (non-hydrogen) atoms. The fourth-order valence-corrected chi connectivity index (χ4v) is 5.59. The summed E-state index contributed by atoms with van der Waals surface area (Å²) < 4.78 is 11.1. The number of hydrogen-bond donors (Lipinski definition) is 1. The molecule has 0 saturated heterocycles. The molecule has 0 radical (unpaired) electrons. The molecule has 0 aliphatic carbocycles. The van der Waals surface area contributed by atoms with Gasteiger partial charge in [-0.3, -0.25) is 4.79 Å². The van der Waals surface area contributed by atoms with Crippen LogP contribution in [0.1, 0.15) is 187 Å². The maximum atomic E-state index is 12.1. The molecule has 278 valence electrons. The zero-order valence-electron chi connectivity index (χ0n) is 31.7. The number of aliphatic hydroxyl groups is 1. The number of hydrogen-bond acceptors (Lipinski definition) is 4. The molecule has 0 aromatic carbocycles. The minimum Gasteiger partial charge on any atom is -0.457 e. The number of carbonyl (C=O) groups is 1. The van der Waals surface area contributed by atoms with Gasteiger partial charge in [-0.25, -0.2) is 0 Å². The van der Waals surface area contributed by atoms with Crippen LogP contribution in [0, 0.1) is 0 Å². The maximum Gasteiger partial charge on any atom is 0.306 e. The number of unbranched alkanes of at least 4 members (excludes halogenated alkanes) is 19. The van der Waals surface area contributed by atoms with Gasteiger partial charge >= 0.3 is 5.97 Å². The van der Waals surface area contributed by atoms with E-state index in [2.05, 4.69) is 74.6 Å². The third-order valence-electron chi connectivity index (χ3n) is 8.61. The second-order valence-corrected chi connectivity index (χ2v) is 13.3. The predicted octanol–water partition coefficient (Wildman–Crippen LogP) is 13.3. The number of carbonyl (C=O) groups excluding carboxylic acids is 1. The second-order valence-electron chi connectivity index (χ2n) is 13.3. The highest BCUT2D eigenvalue weighted by atomic mass is 16.6. The zero-order chi connectivity index (χ0) is 34.9. The molecular formula is C44H78O4. The van der Waals surface area contributed by atoms with Crippen molar-refractivity contribution in [3.8, 4) is 0 Å². The second kappa shape index (κ2) is 41.3. The topological polar surface area (TPSA) is 55.8 Å². The first-order valence-electron chi connectivity index (χ1n) is 20.4. The van der Waals surface area contributed by atoms with E-state index in [0.717, 1.165) is 51.4 Å². The summed E-state index contributed by atoms with van der Waals surface area (Å²) in [4.78, 5) is 12.1. The van der Waals surface area contributed by atoms with Crippen LogP contribution in [-0.4, -0.2) is 37.0 Å². The number of ether oxygens (including phenoxy) is 2. The van der Waals surface area contributed by atoms with Gasteiger partial charge in [-0.1, -0.05) is 184 Å². The Balaban J connectivity index is 3.44. The van der Waals surface area contributed by atoms with E-state index in [0.29, 0.717) is 19.6 Å². The molecule has 0 saturated carbocycles. The zero-order valence-corrected chi connectivity index (χ0v) is 31.7. The van der Waals surface area contributed by atoms with E-state index in [1.165, 1.54) is 116 Å². The van der Waals surface area contributed by atoms with Gasteiger partial charge < -0.3 is 14.6 Å². The standard InChI is InChI=1S/C44H78O4/c1-3-5-7-9-11-13-15-16-17-18-19-20-21-22-23-24-25-26-27-28-29-30-32-34-36-38-40-47-42-43(41-45)48-44(46)39-37-35-33-31-14-12-10-8-6-4-2/h5,7,11,13,16-17,19-20,22-23,43,45H,3-4,6,8-10,12,14-15,18,21,24-42H2,1-2H3/b7-5-,13-11-,17-16-,20-19-,23-22-. The summed E-state index contributed by atoms with van der Waals surface area (Å²) in [5.74, 6) is -0.206. The monoisotopic (exact) mass is 671 g/mol. The first kappa shape index (κ1) is 46.1. The maximum absolute atomic E-state index is 12.1. The number of aliphatic hydroxyl groups excluding tert-OH is 1. The summed E-state index contributed by atoms with van der Waals surface area (Å²) in [5, 5.41) is 9.56. The summed E-state index contributed by atoms with van der Waals surface area (Å²) in [5.41, 5.74) is 0. The van der Waals surface area contributed by atoms with Crippen LogP contribution in [0.15, 0.2) is 60.8 Å². The molecule has 1 N–H and O–H groups in total. The fraction of sp³-hybridized carbons (Fsp3) is 0.750. The lowest BCUT2D eigenvalue weighted by atomic mass is 10.1. The third-order valence-corrected chi connectivity index (χ3v) is 8.61. The molecule has 0 fully saturated rings. The molecule has 0 aromatic rings. The van der Waals surface area contributed by atoms with Crippen LogP contribution in [0.5, 0.6) is 0 Å². The SMILES string of the molecule is CC/C=C\C/C=C\C/C=C\C/C=C\C/C=C\CCCCCCCCCCCCOCC(CO)OC(=O)CCCCCCCCCCCC. The van der Waals surface area contributed by atoms with Gasteiger partial charge in [0, 0.05) is 13.0 Å². The molecule has 0 aromatic heterocycles. The van der Waals surface area contributed by atoms with E-state index < -0.39 is 6.10 Å². The number of allylic oxidation sites excluding steroid dienone is 10. The lowest BCUT2D eigenvalue weighted by molar-refractivity contribution is -0.154. The Morgan fingerprint density at radius 2 is 0.938 bits per heavy atom. The molecule has 1 unspecified atom stereocenters. The summed E-state index contributed by atoms with van der Waals surface area (Å²) in [6, 6.07) is 0. The highest BCUT2D eigenvalue weighted by Crippen LogP contribution is 2.13. The number of rotatable bonds is 37. The van der Waals surface area contributed by atoms with E-state index in [4.69, 9.17) is 9.47 Å². The Hall–Kier alpha value is -1.91. The fourth-order valence-electron chi connectivity index (χ4n) is 5.59. The Morgan fingerprint density at radius 3 is 1.42 bits per heavy atom. The first-order valence-corrected chi connectivity index (χ1v) is 20.4. The first-order chi connectivity index (χ1) is 23.7. The van der Waals surface area contributed by atoms with Crippen LogP contribution in [0.3, 0.4) is 0 Å². The average Bonchev–Trinajstić information content (AvgIpc) is 3.09. The number of esters is 1. The van der Waals surface area contributed by atoms with Crippen molar-refractivity contribution in [3.05, 3.63) is 60.8 Å². The smallest absolute Gasteiger partial charge is 0.306 e. The molecule has 0 rings (SSSR count). The van der Waals surface area contributed by atoms with E-state index in [-0.39, 0.29) is 12.6 Å². The third kappa shape index (κ3) is 38.5. The van der Waals surface area contributed by atoms with E-state index >= 15 is 0 Å². The Bertz CT molecular complexity index is 794. The summed E-state index contributed by atoms with van der Waals surface area (Å²) >= 11 is 0. The average molecular weight is 671 g/mol. The van der Waals surface area contributed by atoms with Gasteiger partial charge in [0.05, 0.1) is 13.2 Å². The largest absolute Gasteiger partial charge is 0.457 e. The molecule has 4 heteroatoms. The van der Waals surface area contributed by atoms with Gasteiger partial charge in [-0.2, -0.15) is 0 Å². The van der Waals surface area contributed by atoms with Crippen LogP contribution < -0.4 is 0 Å². The van der Waals surface area contributed by atoms with Crippen LogP contribution in [-0.2, 0) is 14.3 Å². The van der Waals surface area contributed by atoms with Crippen LogP contribution in [0.25, 0.3) is 0 Å². The normalized spacial score (nSPS) is 13.0. The Morgan fingerprint density at radius 1 is 0.521 bits per heavy atom. The van der Waals surface area contributed by atoms with Crippen molar-refractivity contribution in [2.24, 2.45) is 0 Å². The minimum absolute atomic E-state index is 0.173. The highest BCUT2D eigenvalue weighted by Gasteiger charge is 2.13. The summed E-state index contributed by atoms with van der Waals surface area (Å²) in [6.07, 6.45) is 54.2. The van der Waals surface area contributed by atoms with Gasteiger partial charge in [0.25, 0.3) is 0 Å². The van der Waals surface area contributed by atoms with Gasteiger partial charge in [0.15, 0.2) is 0 Å². The molecule has 0 amide bonds. The molecule has 1 atom stereocenters.